The summed E-state index contributed by atoms with van der Waals surface area (Å²) in [5.74, 6) is 1.20. The van der Waals surface area contributed by atoms with E-state index in [0.29, 0.717) is 12.3 Å². The van der Waals surface area contributed by atoms with E-state index in [9.17, 15) is 4.79 Å². The normalized spacial score (nSPS) is 16.5. The maximum absolute atomic E-state index is 11.4. The van der Waals surface area contributed by atoms with E-state index in [-0.39, 0.29) is 11.9 Å². The maximum Gasteiger partial charge on any atom is 0.308 e. The Bertz CT molecular complexity index is 429. The summed E-state index contributed by atoms with van der Waals surface area (Å²) in [5, 5.41) is 3.22. The lowest BCUT2D eigenvalue weighted by Gasteiger charge is -2.26. The van der Waals surface area contributed by atoms with Gasteiger partial charge in [-0.1, -0.05) is 19.1 Å². The van der Waals surface area contributed by atoms with Crippen molar-refractivity contribution < 1.29 is 14.3 Å². The second-order valence-electron chi connectivity index (χ2n) is 5.11. The van der Waals surface area contributed by atoms with Crippen molar-refractivity contribution in [2.75, 3.05) is 26.8 Å². The standard InChI is InChI=1S/C15H21NO3/c1-11(15(17)18-2)6-12-4-3-5-14(7-12)19-10-13-8-16-9-13/h3-5,7,11,13,16H,6,8-10H2,1-2H3. The van der Waals surface area contributed by atoms with Crippen LogP contribution in [0, 0.1) is 11.8 Å². The van der Waals surface area contributed by atoms with E-state index < -0.39 is 0 Å². The van der Waals surface area contributed by atoms with E-state index >= 15 is 0 Å². The molecule has 1 aromatic carbocycles. The summed E-state index contributed by atoms with van der Waals surface area (Å²) in [7, 11) is 1.42. The number of ether oxygens (including phenoxy) is 2. The van der Waals surface area contributed by atoms with Crippen LogP contribution in [0.2, 0.25) is 0 Å². The molecule has 2 rings (SSSR count). The van der Waals surface area contributed by atoms with Gasteiger partial charge in [0.15, 0.2) is 0 Å². The smallest absolute Gasteiger partial charge is 0.308 e. The first-order chi connectivity index (χ1) is 9.19. The highest BCUT2D eigenvalue weighted by Gasteiger charge is 2.17. The van der Waals surface area contributed by atoms with Gasteiger partial charge < -0.3 is 14.8 Å². The minimum absolute atomic E-state index is 0.129. The van der Waals surface area contributed by atoms with Crippen LogP contribution < -0.4 is 10.1 Å². The maximum atomic E-state index is 11.4. The molecule has 4 nitrogen and oxygen atoms in total. The summed E-state index contributed by atoms with van der Waals surface area (Å²) in [6.07, 6.45) is 0.675. The number of rotatable bonds is 6. The molecule has 0 aliphatic carbocycles. The average Bonchev–Trinajstić information content (AvgIpc) is 2.36. The van der Waals surface area contributed by atoms with E-state index in [1.807, 2.05) is 31.2 Å². The summed E-state index contributed by atoms with van der Waals surface area (Å²) in [6.45, 7) is 4.71. The van der Waals surface area contributed by atoms with Crippen LogP contribution in [0.1, 0.15) is 12.5 Å². The van der Waals surface area contributed by atoms with Gasteiger partial charge in [0.05, 0.1) is 19.6 Å². The first-order valence-electron chi connectivity index (χ1n) is 6.69. The van der Waals surface area contributed by atoms with Gasteiger partial charge in [-0.25, -0.2) is 0 Å². The fourth-order valence-corrected chi connectivity index (χ4v) is 2.08. The minimum atomic E-state index is -0.174. The Morgan fingerprint density at radius 3 is 2.89 bits per heavy atom. The van der Waals surface area contributed by atoms with E-state index in [4.69, 9.17) is 9.47 Å². The first kappa shape index (κ1) is 13.9. The third-order valence-electron chi connectivity index (χ3n) is 3.40. The Hall–Kier alpha value is -1.55. The number of benzene rings is 1. The molecule has 1 heterocycles. The van der Waals surface area contributed by atoms with Crippen LogP contribution in [0.3, 0.4) is 0 Å². The largest absolute Gasteiger partial charge is 0.493 e. The highest BCUT2D eigenvalue weighted by Crippen LogP contribution is 2.18. The molecule has 1 atom stereocenters. The Morgan fingerprint density at radius 2 is 2.26 bits per heavy atom. The quantitative estimate of drug-likeness (QED) is 0.793. The van der Waals surface area contributed by atoms with Crippen LogP contribution >= 0.6 is 0 Å². The molecule has 1 fully saturated rings. The molecule has 19 heavy (non-hydrogen) atoms. The Balaban J connectivity index is 1.88. The topological polar surface area (TPSA) is 47.6 Å². The van der Waals surface area contributed by atoms with Crippen molar-refractivity contribution in [1.29, 1.82) is 0 Å². The highest BCUT2D eigenvalue weighted by atomic mass is 16.5. The van der Waals surface area contributed by atoms with Crippen LogP contribution in [0.4, 0.5) is 0 Å². The molecule has 0 amide bonds. The average molecular weight is 263 g/mol. The van der Waals surface area contributed by atoms with Crippen LogP contribution in [0.25, 0.3) is 0 Å². The monoisotopic (exact) mass is 263 g/mol. The lowest BCUT2D eigenvalue weighted by atomic mass is 10.0. The fraction of sp³-hybridized carbons (Fsp3) is 0.533. The molecule has 1 saturated heterocycles. The van der Waals surface area contributed by atoms with Crippen LogP contribution in [-0.2, 0) is 16.0 Å². The molecule has 1 aliphatic rings. The Labute approximate surface area is 114 Å². The van der Waals surface area contributed by atoms with E-state index in [0.717, 1.165) is 31.0 Å². The van der Waals surface area contributed by atoms with Gasteiger partial charge in [0.1, 0.15) is 5.75 Å². The summed E-state index contributed by atoms with van der Waals surface area (Å²) < 4.78 is 10.5. The molecule has 1 aromatic rings. The molecular weight excluding hydrogens is 242 g/mol. The summed E-state index contributed by atoms with van der Waals surface area (Å²) >= 11 is 0. The van der Waals surface area contributed by atoms with Crippen molar-refractivity contribution in [2.24, 2.45) is 11.8 Å². The van der Waals surface area contributed by atoms with Gasteiger partial charge in [-0.2, -0.15) is 0 Å². The van der Waals surface area contributed by atoms with Gasteiger partial charge in [-0.3, -0.25) is 4.79 Å². The zero-order valence-electron chi connectivity index (χ0n) is 11.5. The van der Waals surface area contributed by atoms with Crippen LogP contribution in [-0.4, -0.2) is 32.8 Å². The molecular formula is C15H21NO3. The number of methoxy groups -OCH3 is 1. The van der Waals surface area contributed by atoms with E-state index in [1.165, 1.54) is 7.11 Å². The van der Waals surface area contributed by atoms with Crippen LogP contribution in [0.5, 0.6) is 5.75 Å². The fourth-order valence-electron chi connectivity index (χ4n) is 2.08. The van der Waals surface area contributed by atoms with Gasteiger partial charge in [-0.05, 0) is 24.1 Å². The Kier molecular flexibility index (Phi) is 4.80. The molecule has 104 valence electrons. The zero-order chi connectivity index (χ0) is 13.7. The number of hydrogen-bond acceptors (Lipinski definition) is 4. The van der Waals surface area contributed by atoms with Gasteiger partial charge in [0.25, 0.3) is 0 Å². The summed E-state index contributed by atoms with van der Waals surface area (Å²) in [5.41, 5.74) is 1.10. The second-order valence-corrected chi connectivity index (χ2v) is 5.11. The van der Waals surface area contributed by atoms with Crippen molar-refractivity contribution in [2.45, 2.75) is 13.3 Å². The number of nitrogens with one attached hydrogen (secondary N) is 1. The molecule has 0 spiro atoms. The molecule has 0 aromatic heterocycles. The van der Waals surface area contributed by atoms with Crippen molar-refractivity contribution in [3.05, 3.63) is 29.8 Å². The number of carbonyl (C=O) groups excluding carboxylic acids is 1. The third-order valence-corrected chi connectivity index (χ3v) is 3.40. The van der Waals surface area contributed by atoms with Crippen molar-refractivity contribution in [1.82, 2.24) is 5.32 Å². The number of carbonyl (C=O) groups is 1. The van der Waals surface area contributed by atoms with E-state index in [2.05, 4.69) is 5.32 Å². The summed E-state index contributed by atoms with van der Waals surface area (Å²) in [6, 6.07) is 7.94. The van der Waals surface area contributed by atoms with Gasteiger partial charge in [-0.15, -0.1) is 0 Å². The van der Waals surface area contributed by atoms with Crippen molar-refractivity contribution >= 4 is 5.97 Å². The van der Waals surface area contributed by atoms with Gasteiger partial charge in [0, 0.05) is 19.0 Å². The molecule has 1 N–H and O–H groups in total. The van der Waals surface area contributed by atoms with Crippen molar-refractivity contribution in [3.8, 4) is 5.75 Å². The second kappa shape index (κ2) is 6.57. The molecule has 1 unspecified atom stereocenters. The Morgan fingerprint density at radius 1 is 1.47 bits per heavy atom. The predicted molar refractivity (Wildman–Crippen MR) is 73.2 cm³/mol. The third kappa shape index (κ3) is 3.96. The minimum Gasteiger partial charge on any atom is -0.493 e. The molecule has 0 bridgehead atoms. The first-order valence-corrected chi connectivity index (χ1v) is 6.69. The predicted octanol–water partition coefficient (Wildman–Crippen LogP) is 1.64. The van der Waals surface area contributed by atoms with Crippen LogP contribution in [0.15, 0.2) is 24.3 Å². The van der Waals surface area contributed by atoms with Crippen molar-refractivity contribution in [3.63, 3.8) is 0 Å². The summed E-state index contributed by atoms with van der Waals surface area (Å²) in [4.78, 5) is 11.4. The van der Waals surface area contributed by atoms with E-state index in [1.54, 1.807) is 0 Å². The number of esters is 1. The molecule has 0 radical (unpaired) electrons. The number of hydrogen-bond donors (Lipinski definition) is 1. The zero-order valence-corrected chi connectivity index (χ0v) is 11.5. The van der Waals surface area contributed by atoms with Gasteiger partial charge >= 0.3 is 5.97 Å². The SMILES string of the molecule is COC(=O)C(C)Cc1cccc(OCC2CNC2)c1. The van der Waals surface area contributed by atoms with Gasteiger partial charge in [0.2, 0.25) is 0 Å². The lowest BCUT2D eigenvalue weighted by molar-refractivity contribution is -0.144. The highest BCUT2D eigenvalue weighted by molar-refractivity contribution is 5.72. The molecule has 0 saturated carbocycles. The lowest BCUT2D eigenvalue weighted by Crippen LogP contribution is -2.45. The molecule has 1 aliphatic heterocycles. The molecule has 4 heteroatoms.